The van der Waals surface area contributed by atoms with E-state index < -0.39 is 0 Å². The first-order valence-electron chi connectivity index (χ1n) is 14.4. The molecule has 0 bridgehead atoms. The summed E-state index contributed by atoms with van der Waals surface area (Å²) in [4.78, 5) is 0. The van der Waals surface area contributed by atoms with Crippen molar-refractivity contribution in [1.29, 1.82) is 0 Å². The third-order valence-corrected chi connectivity index (χ3v) is 9.27. The number of hydrogen-bond acceptors (Lipinski definition) is 1. The van der Waals surface area contributed by atoms with Crippen molar-refractivity contribution in [2.75, 3.05) is 6.61 Å². The van der Waals surface area contributed by atoms with Crippen molar-refractivity contribution >= 4 is 0 Å². The Morgan fingerprint density at radius 1 is 0.500 bits per heavy atom. The Hall–Kier alpha value is -0.0400. The van der Waals surface area contributed by atoms with Gasteiger partial charge in [0.2, 0.25) is 0 Å². The van der Waals surface area contributed by atoms with Gasteiger partial charge in [-0.15, -0.1) is 0 Å². The molecule has 0 N–H and O–H groups in total. The minimum atomic E-state index is 0.590. The quantitative estimate of drug-likeness (QED) is 0.287. The Labute approximate surface area is 189 Å². The molecule has 0 aliphatic heterocycles. The van der Waals surface area contributed by atoms with Crippen LogP contribution in [0.1, 0.15) is 142 Å². The summed E-state index contributed by atoms with van der Waals surface area (Å²) >= 11 is 0. The monoisotopic (exact) mass is 418 g/mol. The van der Waals surface area contributed by atoms with E-state index in [1.54, 1.807) is 0 Å². The van der Waals surface area contributed by atoms with E-state index in [4.69, 9.17) is 4.74 Å². The number of rotatable bonds is 12. The summed E-state index contributed by atoms with van der Waals surface area (Å²) in [7, 11) is 0. The van der Waals surface area contributed by atoms with Crippen molar-refractivity contribution < 1.29 is 4.74 Å². The van der Waals surface area contributed by atoms with Gasteiger partial charge in [-0.3, -0.25) is 0 Å². The first kappa shape index (κ1) is 24.6. The molecule has 0 aromatic rings. The summed E-state index contributed by atoms with van der Waals surface area (Å²) in [6, 6.07) is 0. The summed E-state index contributed by atoms with van der Waals surface area (Å²) < 4.78 is 6.35. The van der Waals surface area contributed by atoms with Crippen LogP contribution in [0.15, 0.2) is 0 Å². The van der Waals surface area contributed by atoms with Gasteiger partial charge >= 0.3 is 0 Å². The lowest BCUT2D eigenvalue weighted by molar-refractivity contribution is 0.00369. The molecule has 3 rings (SSSR count). The Bertz CT molecular complexity index is 408. The van der Waals surface area contributed by atoms with Crippen molar-refractivity contribution in [2.45, 2.75) is 148 Å². The Balaban J connectivity index is 1.18. The maximum atomic E-state index is 6.35. The fourth-order valence-electron chi connectivity index (χ4n) is 7.20. The molecule has 3 aliphatic carbocycles. The van der Waals surface area contributed by atoms with Gasteiger partial charge in [0.05, 0.1) is 6.10 Å². The molecule has 0 heterocycles. The van der Waals surface area contributed by atoms with E-state index in [1.807, 2.05) is 0 Å². The lowest BCUT2D eigenvalue weighted by Gasteiger charge is -2.38. The number of ether oxygens (including phenoxy) is 1. The summed E-state index contributed by atoms with van der Waals surface area (Å²) in [5.41, 5.74) is 0. The maximum absolute atomic E-state index is 6.35. The summed E-state index contributed by atoms with van der Waals surface area (Å²) in [6.07, 6.45) is 29.7. The normalized spacial score (nSPS) is 35.4. The zero-order valence-corrected chi connectivity index (χ0v) is 20.7. The van der Waals surface area contributed by atoms with Gasteiger partial charge in [0.1, 0.15) is 0 Å². The van der Waals surface area contributed by atoms with Gasteiger partial charge in [-0.1, -0.05) is 90.9 Å². The predicted octanol–water partition coefficient (Wildman–Crippen LogP) is 9.34. The van der Waals surface area contributed by atoms with Crippen LogP contribution in [0.25, 0.3) is 0 Å². The smallest absolute Gasteiger partial charge is 0.0575 e. The summed E-state index contributed by atoms with van der Waals surface area (Å²) in [6.45, 7) is 5.71. The van der Waals surface area contributed by atoms with Gasteiger partial charge in [-0.25, -0.2) is 0 Å². The van der Waals surface area contributed by atoms with E-state index in [9.17, 15) is 0 Å². The van der Waals surface area contributed by atoms with Crippen molar-refractivity contribution in [3.63, 3.8) is 0 Å². The van der Waals surface area contributed by atoms with E-state index in [1.165, 1.54) is 128 Å². The van der Waals surface area contributed by atoms with Gasteiger partial charge in [-0.2, -0.15) is 0 Å². The van der Waals surface area contributed by atoms with E-state index in [0.717, 1.165) is 36.2 Å². The molecule has 30 heavy (non-hydrogen) atoms. The van der Waals surface area contributed by atoms with Gasteiger partial charge in [0, 0.05) is 6.61 Å². The second-order valence-electron chi connectivity index (χ2n) is 11.5. The molecule has 0 unspecified atom stereocenters. The van der Waals surface area contributed by atoms with Crippen LogP contribution in [-0.4, -0.2) is 12.7 Å². The molecular formula is C29H54O. The molecule has 1 heteroatoms. The highest BCUT2D eigenvalue weighted by molar-refractivity contribution is 4.82. The van der Waals surface area contributed by atoms with Crippen LogP contribution < -0.4 is 0 Å². The topological polar surface area (TPSA) is 9.23 Å². The maximum Gasteiger partial charge on any atom is 0.0575 e. The zero-order chi connectivity index (χ0) is 21.0. The molecule has 176 valence electrons. The molecule has 0 aromatic heterocycles. The van der Waals surface area contributed by atoms with Crippen LogP contribution >= 0.6 is 0 Å². The predicted molar refractivity (Wildman–Crippen MR) is 131 cm³/mol. The zero-order valence-electron chi connectivity index (χ0n) is 20.7. The van der Waals surface area contributed by atoms with Gasteiger partial charge in [0.15, 0.2) is 0 Å². The van der Waals surface area contributed by atoms with Crippen LogP contribution in [0, 0.1) is 29.6 Å². The van der Waals surface area contributed by atoms with Crippen LogP contribution in [-0.2, 0) is 4.74 Å². The average molecular weight is 419 g/mol. The fraction of sp³-hybridized carbons (Fsp3) is 1.00. The molecule has 0 radical (unpaired) electrons. The highest BCUT2D eigenvalue weighted by Gasteiger charge is 2.31. The minimum absolute atomic E-state index is 0.590. The average Bonchev–Trinajstić information content (AvgIpc) is 2.79. The van der Waals surface area contributed by atoms with Crippen LogP contribution in [0.5, 0.6) is 0 Å². The number of unbranched alkanes of at least 4 members (excludes halogenated alkanes) is 2. The largest absolute Gasteiger partial charge is 0.378 e. The first-order valence-corrected chi connectivity index (χ1v) is 14.4. The van der Waals surface area contributed by atoms with Gasteiger partial charge in [-0.05, 0) is 81.0 Å². The van der Waals surface area contributed by atoms with Gasteiger partial charge < -0.3 is 4.74 Å². The lowest BCUT2D eigenvalue weighted by Crippen LogP contribution is -2.28. The molecule has 0 aromatic carbocycles. The molecule has 0 saturated heterocycles. The van der Waals surface area contributed by atoms with E-state index in [0.29, 0.717) is 6.10 Å². The molecule has 3 saturated carbocycles. The Morgan fingerprint density at radius 2 is 1.00 bits per heavy atom. The van der Waals surface area contributed by atoms with Crippen molar-refractivity contribution in [3.8, 4) is 0 Å². The third kappa shape index (κ3) is 8.48. The molecular weight excluding hydrogens is 364 g/mol. The highest BCUT2D eigenvalue weighted by atomic mass is 16.5. The Kier molecular flexibility index (Phi) is 11.6. The second-order valence-corrected chi connectivity index (χ2v) is 11.5. The van der Waals surface area contributed by atoms with Crippen molar-refractivity contribution in [2.24, 2.45) is 29.6 Å². The van der Waals surface area contributed by atoms with Gasteiger partial charge in [0.25, 0.3) is 0 Å². The molecule has 3 aliphatic rings. The SMILES string of the molecule is CCCCCC1CCC(CCCOC2CCC([C@H]3CC[C@H](CCC)CC3)CC2)CC1. The number of hydrogen-bond donors (Lipinski definition) is 0. The molecule has 0 atom stereocenters. The van der Waals surface area contributed by atoms with E-state index in [-0.39, 0.29) is 0 Å². The molecule has 0 amide bonds. The van der Waals surface area contributed by atoms with Crippen molar-refractivity contribution in [3.05, 3.63) is 0 Å². The second kappa shape index (κ2) is 14.2. The van der Waals surface area contributed by atoms with E-state index in [2.05, 4.69) is 13.8 Å². The summed E-state index contributed by atoms with van der Waals surface area (Å²) in [5.74, 6) is 5.20. The fourth-order valence-corrected chi connectivity index (χ4v) is 7.20. The first-order chi connectivity index (χ1) is 14.8. The Morgan fingerprint density at radius 3 is 1.57 bits per heavy atom. The lowest BCUT2D eigenvalue weighted by atomic mass is 9.70. The molecule has 1 nitrogen and oxygen atoms in total. The van der Waals surface area contributed by atoms with E-state index >= 15 is 0 Å². The molecule has 3 fully saturated rings. The van der Waals surface area contributed by atoms with Crippen LogP contribution in [0.2, 0.25) is 0 Å². The van der Waals surface area contributed by atoms with Crippen LogP contribution in [0.4, 0.5) is 0 Å². The third-order valence-electron chi connectivity index (χ3n) is 9.27. The standard InChI is InChI=1S/C29H54O/c1-3-5-6-9-25-11-13-26(14-12-25)10-7-23-30-29-21-19-28(20-22-29)27-17-15-24(8-4-2)16-18-27/h24-29H,3-23H2,1-2H3/t24-,25?,26?,27-,28?,29?. The molecule has 0 spiro atoms. The summed E-state index contributed by atoms with van der Waals surface area (Å²) in [5, 5.41) is 0. The van der Waals surface area contributed by atoms with Crippen molar-refractivity contribution in [1.82, 2.24) is 0 Å². The highest BCUT2D eigenvalue weighted by Crippen LogP contribution is 2.41. The van der Waals surface area contributed by atoms with Crippen LogP contribution in [0.3, 0.4) is 0 Å². The minimum Gasteiger partial charge on any atom is -0.378 e.